The molecule has 148 valence electrons. The standard InChI is InChI=1S/C20H18BrN5O2S/c21-12-6-8-13(9-7-12)23-16(27)10-26-20(28)25-11-22-19-17(18(25)24-26)14-4-2-1-3-5-15(14)29-19/h6-9,11H,1-5,10H2,(H,23,27). The van der Waals surface area contributed by atoms with Crippen LogP contribution < -0.4 is 11.0 Å². The fourth-order valence-corrected chi connectivity index (χ4v) is 5.32. The van der Waals surface area contributed by atoms with Gasteiger partial charge in [-0.05, 0) is 55.5 Å². The van der Waals surface area contributed by atoms with Gasteiger partial charge in [0, 0.05) is 15.0 Å². The van der Waals surface area contributed by atoms with Crippen LogP contribution >= 0.6 is 27.3 Å². The molecule has 0 atom stereocenters. The first kappa shape index (κ1) is 18.5. The lowest BCUT2D eigenvalue weighted by atomic mass is 10.1. The van der Waals surface area contributed by atoms with Crippen molar-refractivity contribution < 1.29 is 4.79 Å². The maximum absolute atomic E-state index is 12.8. The van der Waals surface area contributed by atoms with Gasteiger partial charge >= 0.3 is 5.69 Å². The lowest BCUT2D eigenvalue weighted by molar-refractivity contribution is -0.117. The van der Waals surface area contributed by atoms with E-state index in [9.17, 15) is 9.59 Å². The molecule has 0 bridgehead atoms. The highest BCUT2D eigenvalue weighted by molar-refractivity contribution is 9.10. The summed E-state index contributed by atoms with van der Waals surface area (Å²) in [6, 6.07) is 7.28. The zero-order valence-electron chi connectivity index (χ0n) is 15.5. The van der Waals surface area contributed by atoms with E-state index in [4.69, 9.17) is 0 Å². The number of carbonyl (C=O) groups excluding carboxylic acids is 1. The number of thiophene rings is 1. The molecule has 0 fully saturated rings. The summed E-state index contributed by atoms with van der Waals surface area (Å²) >= 11 is 5.07. The van der Waals surface area contributed by atoms with Gasteiger partial charge in [0.2, 0.25) is 5.91 Å². The SMILES string of the molecule is O=C(Cn1nc2c3c4c(sc3ncn2c1=O)CCCCC4)Nc1ccc(Br)cc1. The number of nitrogens with one attached hydrogen (secondary N) is 1. The molecule has 0 spiro atoms. The van der Waals surface area contributed by atoms with Crippen molar-refractivity contribution in [3.05, 3.63) is 56.0 Å². The quantitative estimate of drug-likeness (QED) is 0.461. The van der Waals surface area contributed by atoms with Crippen LogP contribution in [0.3, 0.4) is 0 Å². The van der Waals surface area contributed by atoms with E-state index < -0.39 is 0 Å². The topological polar surface area (TPSA) is 81.3 Å². The summed E-state index contributed by atoms with van der Waals surface area (Å²) in [5, 5.41) is 8.28. The van der Waals surface area contributed by atoms with Crippen LogP contribution in [0.25, 0.3) is 15.9 Å². The largest absolute Gasteiger partial charge is 0.352 e. The Hall–Kier alpha value is -2.52. The Morgan fingerprint density at radius 3 is 2.79 bits per heavy atom. The third kappa shape index (κ3) is 3.38. The predicted octanol–water partition coefficient (Wildman–Crippen LogP) is 3.78. The molecule has 0 unspecified atom stereocenters. The molecule has 1 aliphatic carbocycles. The molecule has 1 aromatic carbocycles. The van der Waals surface area contributed by atoms with Gasteiger partial charge in [-0.1, -0.05) is 22.4 Å². The second-order valence-corrected chi connectivity index (χ2v) is 9.18. The maximum Gasteiger partial charge on any atom is 0.352 e. The van der Waals surface area contributed by atoms with Gasteiger partial charge in [-0.2, -0.15) is 0 Å². The molecule has 0 aliphatic heterocycles. The zero-order chi connectivity index (χ0) is 20.0. The second kappa shape index (κ2) is 7.38. The third-order valence-corrected chi connectivity index (χ3v) is 6.94. The minimum atomic E-state index is -0.353. The summed E-state index contributed by atoms with van der Waals surface area (Å²) < 4.78 is 3.59. The first-order valence-electron chi connectivity index (χ1n) is 9.54. The molecule has 0 saturated carbocycles. The second-order valence-electron chi connectivity index (χ2n) is 7.18. The minimum Gasteiger partial charge on any atom is -0.324 e. The van der Waals surface area contributed by atoms with E-state index in [2.05, 4.69) is 31.3 Å². The van der Waals surface area contributed by atoms with Gasteiger partial charge in [0.25, 0.3) is 0 Å². The van der Waals surface area contributed by atoms with Gasteiger partial charge in [-0.3, -0.25) is 4.79 Å². The monoisotopic (exact) mass is 471 g/mol. The summed E-state index contributed by atoms with van der Waals surface area (Å²) in [6.07, 6.45) is 7.11. The average molecular weight is 472 g/mol. The Morgan fingerprint density at radius 1 is 1.17 bits per heavy atom. The molecule has 3 heterocycles. The van der Waals surface area contributed by atoms with Crippen LogP contribution in [0.2, 0.25) is 0 Å². The molecule has 5 rings (SSSR count). The zero-order valence-corrected chi connectivity index (χ0v) is 17.9. The number of hydrogen-bond donors (Lipinski definition) is 1. The van der Waals surface area contributed by atoms with Crippen LogP contribution in [-0.2, 0) is 24.2 Å². The smallest absolute Gasteiger partial charge is 0.324 e. The Labute approximate surface area is 178 Å². The van der Waals surface area contributed by atoms with Crippen molar-refractivity contribution in [3.8, 4) is 0 Å². The lowest BCUT2D eigenvalue weighted by Crippen LogP contribution is -2.28. The molecule has 9 heteroatoms. The van der Waals surface area contributed by atoms with Crippen molar-refractivity contribution in [1.82, 2.24) is 19.2 Å². The van der Waals surface area contributed by atoms with Crippen LogP contribution in [0, 0.1) is 0 Å². The highest BCUT2D eigenvalue weighted by atomic mass is 79.9. The van der Waals surface area contributed by atoms with Crippen molar-refractivity contribution in [1.29, 1.82) is 0 Å². The summed E-state index contributed by atoms with van der Waals surface area (Å²) in [5.74, 6) is -0.300. The van der Waals surface area contributed by atoms with Crippen LogP contribution in [0.1, 0.15) is 29.7 Å². The van der Waals surface area contributed by atoms with Gasteiger partial charge < -0.3 is 5.32 Å². The fraction of sp³-hybridized carbons (Fsp3) is 0.300. The van der Waals surface area contributed by atoms with Gasteiger partial charge in [0.05, 0.1) is 5.39 Å². The number of aromatic nitrogens is 4. The molecule has 1 amide bonds. The average Bonchev–Trinajstić information content (AvgIpc) is 3.11. The molecule has 4 aromatic rings. The number of amides is 1. The van der Waals surface area contributed by atoms with E-state index >= 15 is 0 Å². The maximum atomic E-state index is 12.8. The van der Waals surface area contributed by atoms with Gasteiger partial charge in [0.15, 0.2) is 5.65 Å². The molecule has 0 radical (unpaired) electrons. The van der Waals surface area contributed by atoms with Crippen LogP contribution in [0.15, 0.2) is 39.9 Å². The molecule has 3 aromatic heterocycles. The van der Waals surface area contributed by atoms with E-state index in [0.29, 0.717) is 11.3 Å². The number of benzene rings is 1. The number of anilines is 1. The first-order valence-corrected chi connectivity index (χ1v) is 11.1. The molecule has 29 heavy (non-hydrogen) atoms. The van der Waals surface area contributed by atoms with Crippen molar-refractivity contribution >= 4 is 54.7 Å². The van der Waals surface area contributed by atoms with Crippen LogP contribution in [-0.4, -0.2) is 25.1 Å². The molecular formula is C20H18BrN5O2S. The van der Waals surface area contributed by atoms with Gasteiger partial charge in [-0.25, -0.2) is 18.9 Å². The van der Waals surface area contributed by atoms with Crippen LogP contribution in [0.4, 0.5) is 5.69 Å². The molecule has 1 aliphatic rings. The van der Waals surface area contributed by atoms with E-state index in [0.717, 1.165) is 34.0 Å². The lowest BCUT2D eigenvalue weighted by Gasteiger charge is -2.04. The highest BCUT2D eigenvalue weighted by Crippen LogP contribution is 2.35. The number of aryl methyl sites for hydroxylation is 2. The van der Waals surface area contributed by atoms with Gasteiger partial charge in [0.1, 0.15) is 17.7 Å². The van der Waals surface area contributed by atoms with Gasteiger partial charge in [-0.15, -0.1) is 16.4 Å². The Kier molecular flexibility index (Phi) is 4.71. The Bertz CT molecular complexity index is 1290. The number of hydrogen-bond acceptors (Lipinski definition) is 5. The van der Waals surface area contributed by atoms with Crippen molar-refractivity contribution in [3.63, 3.8) is 0 Å². The molecule has 7 nitrogen and oxygen atoms in total. The van der Waals surface area contributed by atoms with E-state index in [-0.39, 0.29) is 18.1 Å². The van der Waals surface area contributed by atoms with Crippen LogP contribution in [0.5, 0.6) is 0 Å². The van der Waals surface area contributed by atoms with E-state index in [1.807, 2.05) is 12.1 Å². The minimum absolute atomic E-state index is 0.148. The number of nitrogens with zero attached hydrogens (tertiary/aromatic N) is 4. The molecule has 0 saturated heterocycles. The number of carbonyl (C=O) groups is 1. The Balaban J connectivity index is 1.51. The third-order valence-electron chi connectivity index (χ3n) is 5.21. The number of rotatable bonds is 3. The predicted molar refractivity (Wildman–Crippen MR) is 117 cm³/mol. The summed E-state index contributed by atoms with van der Waals surface area (Å²) in [4.78, 5) is 32.0. The van der Waals surface area contributed by atoms with E-state index in [1.54, 1.807) is 23.5 Å². The highest BCUT2D eigenvalue weighted by Gasteiger charge is 2.21. The van der Waals surface area contributed by atoms with Crippen molar-refractivity contribution in [2.24, 2.45) is 0 Å². The first-order chi connectivity index (χ1) is 14.1. The van der Waals surface area contributed by atoms with Crippen molar-refractivity contribution in [2.45, 2.75) is 38.6 Å². The summed E-state index contributed by atoms with van der Waals surface area (Å²) in [5.41, 5.74) is 2.18. The van der Waals surface area contributed by atoms with E-state index in [1.165, 1.54) is 38.7 Å². The molecule has 1 N–H and O–H groups in total. The number of fused-ring (bicyclic) bond motifs is 5. The van der Waals surface area contributed by atoms with Crippen molar-refractivity contribution in [2.75, 3.05) is 5.32 Å². The normalized spacial score (nSPS) is 14.1. The Morgan fingerprint density at radius 2 is 1.97 bits per heavy atom. The molecular weight excluding hydrogens is 454 g/mol. The summed E-state index contributed by atoms with van der Waals surface area (Å²) in [6.45, 7) is -0.148. The summed E-state index contributed by atoms with van der Waals surface area (Å²) in [7, 11) is 0. The fourth-order valence-electron chi connectivity index (χ4n) is 3.83. The number of halogens is 1.